The van der Waals surface area contributed by atoms with Gasteiger partial charge >= 0.3 is 0 Å². The number of hydrogen-bond donors (Lipinski definition) is 1. The number of nitrogens with zero attached hydrogens (tertiary/aromatic N) is 1. The van der Waals surface area contributed by atoms with Crippen molar-refractivity contribution in [3.8, 4) is 0 Å². The van der Waals surface area contributed by atoms with Crippen LogP contribution in [0.5, 0.6) is 0 Å². The van der Waals surface area contributed by atoms with Crippen molar-refractivity contribution in [1.29, 1.82) is 0 Å². The molecule has 1 unspecified atom stereocenters. The SMILES string of the molecule is CNC(Cc1cccc2ccccc12)c1ncccc1F. The van der Waals surface area contributed by atoms with Crippen molar-refractivity contribution in [2.45, 2.75) is 12.5 Å². The molecule has 0 aliphatic rings. The predicted molar refractivity (Wildman–Crippen MR) is 83.6 cm³/mol. The Morgan fingerprint density at radius 3 is 2.67 bits per heavy atom. The van der Waals surface area contributed by atoms with Crippen molar-refractivity contribution in [3.63, 3.8) is 0 Å². The van der Waals surface area contributed by atoms with Gasteiger partial charge in [-0.05, 0) is 41.9 Å². The van der Waals surface area contributed by atoms with Crippen LogP contribution in [0.3, 0.4) is 0 Å². The molecule has 3 aromatic rings. The van der Waals surface area contributed by atoms with Gasteiger partial charge in [-0.2, -0.15) is 0 Å². The van der Waals surface area contributed by atoms with Gasteiger partial charge in [0.1, 0.15) is 5.82 Å². The molecule has 0 amide bonds. The molecule has 1 N–H and O–H groups in total. The normalized spacial score (nSPS) is 12.5. The molecule has 0 aliphatic heterocycles. The van der Waals surface area contributed by atoms with Crippen molar-refractivity contribution in [2.24, 2.45) is 0 Å². The minimum atomic E-state index is -0.267. The van der Waals surface area contributed by atoms with Gasteiger partial charge in [0.2, 0.25) is 0 Å². The summed E-state index contributed by atoms with van der Waals surface area (Å²) in [6, 6.07) is 17.4. The van der Waals surface area contributed by atoms with Crippen molar-refractivity contribution in [3.05, 3.63) is 77.9 Å². The first-order chi connectivity index (χ1) is 10.3. The van der Waals surface area contributed by atoms with Crippen molar-refractivity contribution < 1.29 is 4.39 Å². The molecule has 1 atom stereocenters. The lowest BCUT2D eigenvalue weighted by Crippen LogP contribution is -2.21. The molecule has 0 saturated carbocycles. The van der Waals surface area contributed by atoms with E-state index in [1.165, 1.54) is 22.4 Å². The number of benzene rings is 2. The van der Waals surface area contributed by atoms with Crippen LogP contribution in [0.1, 0.15) is 17.3 Å². The quantitative estimate of drug-likeness (QED) is 0.784. The van der Waals surface area contributed by atoms with E-state index < -0.39 is 0 Å². The molecule has 0 spiro atoms. The summed E-state index contributed by atoms with van der Waals surface area (Å²) in [5, 5.41) is 5.58. The molecule has 0 radical (unpaired) electrons. The van der Waals surface area contributed by atoms with Gasteiger partial charge in [0.25, 0.3) is 0 Å². The second-order valence-corrected chi connectivity index (χ2v) is 5.05. The molecule has 1 aromatic heterocycles. The highest BCUT2D eigenvalue weighted by molar-refractivity contribution is 5.85. The van der Waals surface area contributed by atoms with E-state index in [2.05, 4.69) is 34.6 Å². The standard InChI is InChI=1S/C18H17FN2/c1-20-17(18-16(19)10-5-11-21-18)12-14-8-4-7-13-6-2-3-9-15(13)14/h2-11,17,20H,12H2,1H3. The minimum Gasteiger partial charge on any atom is -0.311 e. The zero-order chi connectivity index (χ0) is 14.7. The van der Waals surface area contributed by atoms with Crippen LogP contribution >= 0.6 is 0 Å². The first kappa shape index (κ1) is 13.7. The lowest BCUT2D eigenvalue weighted by atomic mass is 9.97. The van der Waals surface area contributed by atoms with Gasteiger partial charge in [-0.15, -0.1) is 0 Å². The average molecular weight is 280 g/mol. The maximum Gasteiger partial charge on any atom is 0.146 e. The van der Waals surface area contributed by atoms with Crippen LogP contribution in [-0.4, -0.2) is 12.0 Å². The Kier molecular flexibility index (Phi) is 3.93. The summed E-state index contributed by atoms with van der Waals surface area (Å²) in [5.41, 5.74) is 1.66. The van der Waals surface area contributed by atoms with E-state index in [9.17, 15) is 4.39 Å². The average Bonchev–Trinajstić information content (AvgIpc) is 2.53. The zero-order valence-corrected chi connectivity index (χ0v) is 11.9. The highest BCUT2D eigenvalue weighted by Crippen LogP contribution is 2.24. The summed E-state index contributed by atoms with van der Waals surface area (Å²) < 4.78 is 13.9. The number of rotatable bonds is 4. The molecule has 1 heterocycles. The molecule has 106 valence electrons. The number of halogens is 1. The Bertz CT molecular complexity index is 750. The molecular weight excluding hydrogens is 263 g/mol. The van der Waals surface area contributed by atoms with Crippen LogP contribution in [0.15, 0.2) is 60.8 Å². The monoisotopic (exact) mass is 280 g/mol. The van der Waals surface area contributed by atoms with Crippen LogP contribution in [0, 0.1) is 5.82 Å². The van der Waals surface area contributed by atoms with Gasteiger partial charge < -0.3 is 5.32 Å². The van der Waals surface area contributed by atoms with Crippen LogP contribution in [0.4, 0.5) is 4.39 Å². The lowest BCUT2D eigenvalue weighted by molar-refractivity contribution is 0.517. The fourth-order valence-corrected chi connectivity index (χ4v) is 2.68. The van der Waals surface area contributed by atoms with Crippen LogP contribution in [0.2, 0.25) is 0 Å². The van der Waals surface area contributed by atoms with Crippen molar-refractivity contribution in [1.82, 2.24) is 10.3 Å². The van der Waals surface area contributed by atoms with E-state index in [0.29, 0.717) is 12.1 Å². The predicted octanol–water partition coefficient (Wildman–Crippen LogP) is 3.88. The van der Waals surface area contributed by atoms with Gasteiger partial charge in [0.15, 0.2) is 0 Å². The Hall–Kier alpha value is -2.26. The topological polar surface area (TPSA) is 24.9 Å². The summed E-state index contributed by atoms with van der Waals surface area (Å²) in [6.45, 7) is 0. The lowest BCUT2D eigenvalue weighted by Gasteiger charge is -2.17. The van der Waals surface area contributed by atoms with Crippen molar-refractivity contribution in [2.75, 3.05) is 7.05 Å². The molecule has 3 rings (SSSR count). The molecule has 2 nitrogen and oxygen atoms in total. The summed E-state index contributed by atoms with van der Waals surface area (Å²) in [5.74, 6) is -0.267. The van der Waals surface area contributed by atoms with Crippen LogP contribution < -0.4 is 5.32 Å². The van der Waals surface area contributed by atoms with Crippen molar-refractivity contribution >= 4 is 10.8 Å². The number of fused-ring (bicyclic) bond motifs is 1. The molecule has 0 fully saturated rings. The highest BCUT2D eigenvalue weighted by Gasteiger charge is 2.16. The second-order valence-electron chi connectivity index (χ2n) is 5.05. The molecule has 0 bridgehead atoms. The number of likely N-dealkylation sites (N-methyl/N-ethyl adjacent to an activating group) is 1. The fourth-order valence-electron chi connectivity index (χ4n) is 2.68. The number of pyridine rings is 1. The van der Waals surface area contributed by atoms with E-state index >= 15 is 0 Å². The Morgan fingerprint density at radius 1 is 1.05 bits per heavy atom. The number of hydrogen-bond acceptors (Lipinski definition) is 2. The number of nitrogens with one attached hydrogen (secondary N) is 1. The Labute approximate surface area is 123 Å². The molecular formula is C18H17FN2. The van der Waals surface area contributed by atoms with E-state index in [4.69, 9.17) is 0 Å². The third kappa shape index (κ3) is 2.78. The summed E-state index contributed by atoms with van der Waals surface area (Å²) in [4.78, 5) is 4.19. The smallest absolute Gasteiger partial charge is 0.146 e. The Balaban J connectivity index is 1.98. The molecule has 3 heteroatoms. The minimum absolute atomic E-state index is 0.142. The molecule has 2 aromatic carbocycles. The maximum absolute atomic E-state index is 13.9. The summed E-state index contributed by atoms with van der Waals surface area (Å²) in [6.07, 6.45) is 2.33. The van der Waals surface area contributed by atoms with E-state index in [1.54, 1.807) is 12.3 Å². The van der Waals surface area contributed by atoms with E-state index in [-0.39, 0.29) is 11.9 Å². The molecule has 21 heavy (non-hydrogen) atoms. The van der Waals surface area contributed by atoms with Crippen LogP contribution in [-0.2, 0) is 6.42 Å². The van der Waals surface area contributed by atoms with E-state index in [1.807, 2.05) is 25.2 Å². The number of aromatic nitrogens is 1. The third-order valence-corrected chi connectivity index (χ3v) is 3.77. The van der Waals surface area contributed by atoms with Gasteiger partial charge in [-0.25, -0.2) is 4.39 Å². The summed E-state index contributed by atoms with van der Waals surface area (Å²) >= 11 is 0. The first-order valence-corrected chi connectivity index (χ1v) is 7.04. The maximum atomic E-state index is 13.9. The van der Waals surface area contributed by atoms with Crippen LogP contribution in [0.25, 0.3) is 10.8 Å². The Morgan fingerprint density at radius 2 is 1.86 bits per heavy atom. The van der Waals surface area contributed by atoms with E-state index in [0.717, 1.165) is 0 Å². The van der Waals surface area contributed by atoms with Gasteiger partial charge in [-0.3, -0.25) is 4.98 Å². The molecule has 0 saturated heterocycles. The zero-order valence-electron chi connectivity index (χ0n) is 11.9. The second kappa shape index (κ2) is 6.02. The first-order valence-electron chi connectivity index (χ1n) is 7.04. The third-order valence-electron chi connectivity index (χ3n) is 3.77. The van der Waals surface area contributed by atoms with Gasteiger partial charge in [0.05, 0.1) is 11.7 Å². The largest absolute Gasteiger partial charge is 0.311 e. The van der Waals surface area contributed by atoms with Gasteiger partial charge in [-0.1, -0.05) is 42.5 Å². The van der Waals surface area contributed by atoms with Gasteiger partial charge in [0, 0.05) is 6.20 Å². The fraction of sp³-hybridized carbons (Fsp3) is 0.167. The highest BCUT2D eigenvalue weighted by atomic mass is 19.1. The molecule has 0 aliphatic carbocycles. The summed E-state index contributed by atoms with van der Waals surface area (Å²) in [7, 11) is 1.84.